The van der Waals surface area contributed by atoms with Crippen molar-refractivity contribution < 1.29 is 14.7 Å². The highest BCUT2D eigenvalue weighted by Gasteiger charge is 2.21. The third-order valence-electron chi connectivity index (χ3n) is 3.87. The van der Waals surface area contributed by atoms with Crippen LogP contribution in [0.1, 0.15) is 35.2 Å². The highest BCUT2D eigenvalue weighted by Crippen LogP contribution is 2.20. The minimum absolute atomic E-state index is 0.138. The van der Waals surface area contributed by atoms with Gasteiger partial charge in [-0.1, -0.05) is 18.6 Å². The Labute approximate surface area is 129 Å². The number of aromatic carboxylic acids is 1. The molecule has 1 aliphatic rings. The maximum absolute atomic E-state index is 12.4. The first-order valence-electron chi connectivity index (χ1n) is 7.23. The molecule has 0 bridgehead atoms. The molecular weight excluding hydrogens is 286 g/mol. The van der Waals surface area contributed by atoms with Crippen molar-refractivity contribution in [2.75, 3.05) is 19.3 Å². The van der Waals surface area contributed by atoms with E-state index >= 15 is 0 Å². The number of carboxylic acids is 1. The Morgan fingerprint density at radius 3 is 2.62 bits per heavy atom. The fraction of sp³-hybridized carbons (Fsp3) is 0.500. The SMILES string of the molecule is CSC1CCCCN(C(=O)Cc2ccc(C(=O)O)cc2)C1. The second-order valence-electron chi connectivity index (χ2n) is 5.37. The van der Waals surface area contributed by atoms with E-state index < -0.39 is 5.97 Å². The van der Waals surface area contributed by atoms with Crippen LogP contribution in [0.3, 0.4) is 0 Å². The molecule has 1 N–H and O–H groups in total. The summed E-state index contributed by atoms with van der Waals surface area (Å²) in [5.41, 5.74) is 1.12. The monoisotopic (exact) mass is 307 g/mol. The first-order chi connectivity index (χ1) is 10.1. The van der Waals surface area contributed by atoms with E-state index in [-0.39, 0.29) is 11.5 Å². The smallest absolute Gasteiger partial charge is 0.335 e. The molecule has 1 aromatic carbocycles. The van der Waals surface area contributed by atoms with Crippen LogP contribution < -0.4 is 0 Å². The van der Waals surface area contributed by atoms with Gasteiger partial charge >= 0.3 is 5.97 Å². The van der Waals surface area contributed by atoms with Gasteiger partial charge in [0.25, 0.3) is 0 Å². The van der Waals surface area contributed by atoms with Crippen molar-refractivity contribution in [2.24, 2.45) is 0 Å². The van der Waals surface area contributed by atoms with Gasteiger partial charge in [0.2, 0.25) is 5.91 Å². The highest BCUT2D eigenvalue weighted by atomic mass is 32.2. The van der Waals surface area contributed by atoms with Gasteiger partial charge in [-0.25, -0.2) is 4.79 Å². The van der Waals surface area contributed by atoms with E-state index in [1.807, 2.05) is 16.7 Å². The molecule has 0 aliphatic carbocycles. The molecule has 1 unspecified atom stereocenters. The van der Waals surface area contributed by atoms with Crippen LogP contribution in [0.2, 0.25) is 0 Å². The number of hydrogen-bond acceptors (Lipinski definition) is 3. The van der Waals surface area contributed by atoms with Crippen LogP contribution in [-0.4, -0.2) is 46.5 Å². The molecule has 0 aromatic heterocycles. The predicted octanol–water partition coefficient (Wildman–Crippen LogP) is 2.67. The molecule has 4 nitrogen and oxygen atoms in total. The molecule has 1 aromatic rings. The zero-order valence-electron chi connectivity index (χ0n) is 12.2. The Kier molecular flexibility index (Phi) is 5.67. The van der Waals surface area contributed by atoms with Crippen LogP contribution in [0.25, 0.3) is 0 Å². The van der Waals surface area contributed by atoms with Gasteiger partial charge < -0.3 is 10.0 Å². The number of carboxylic acid groups (broad SMARTS) is 1. The summed E-state index contributed by atoms with van der Waals surface area (Å²) >= 11 is 1.83. The molecule has 1 heterocycles. The summed E-state index contributed by atoms with van der Waals surface area (Å²) < 4.78 is 0. The van der Waals surface area contributed by atoms with Crippen molar-refractivity contribution in [1.82, 2.24) is 4.90 Å². The largest absolute Gasteiger partial charge is 0.478 e. The number of thioether (sulfide) groups is 1. The quantitative estimate of drug-likeness (QED) is 0.929. The van der Waals surface area contributed by atoms with Gasteiger partial charge in [-0.05, 0) is 36.8 Å². The zero-order chi connectivity index (χ0) is 15.2. The minimum atomic E-state index is -0.941. The van der Waals surface area contributed by atoms with Crippen molar-refractivity contribution in [2.45, 2.75) is 30.9 Å². The summed E-state index contributed by atoms with van der Waals surface area (Å²) in [6.07, 6.45) is 5.88. The number of likely N-dealkylation sites (tertiary alicyclic amines) is 1. The van der Waals surface area contributed by atoms with Crippen LogP contribution in [0, 0.1) is 0 Å². The van der Waals surface area contributed by atoms with Gasteiger partial charge in [0.1, 0.15) is 0 Å². The van der Waals surface area contributed by atoms with Gasteiger partial charge in [0.05, 0.1) is 12.0 Å². The van der Waals surface area contributed by atoms with Gasteiger partial charge in [-0.15, -0.1) is 0 Å². The summed E-state index contributed by atoms with van der Waals surface area (Å²) in [7, 11) is 0. The lowest BCUT2D eigenvalue weighted by Crippen LogP contribution is -2.36. The van der Waals surface area contributed by atoms with Crippen molar-refractivity contribution in [3.05, 3.63) is 35.4 Å². The van der Waals surface area contributed by atoms with Gasteiger partial charge in [0, 0.05) is 18.3 Å². The summed E-state index contributed by atoms with van der Waals surface area (Å²) in [6.45, 7) is 1.66. The van der Waals surface area contributed by atoms with Gasteiger partial charge in [0.15, 0.2) is 0 Å². The van der Waals surface area contributed by atoms with Crippen molar-refractivity contribution in [3.8, 4) is 0 Å². The van der Waals surface area contributed by atoms with E-state index in [9.17, 15) is 9.59 Å². The predicted molar refractivity (Wildman–Crippen MR) is 84.8 cm³/mol. The lowest BCUT2D eigenvalue weighted by molar-refractivity contribution is -0.130. The maximum atomic E-state index is 12.4. The molecule has 1 atom stereocenters. The first-order valence-corrected chi connectivity index (χ1v) is 8.51. The molecule has 114 valence electrons. The maximum Gasteiger partial charge on any atom is 0.335 e. The Hall–Kier alpha value is -1.49. The Balaban J connectivity index is 1.97. The van der Waals surface area contributed by atoms with Gasteiger partial charge in [-0.2, -0.15) is 11.8 Å². The second-order valence-corrected chi connectivity index (χ2v) is 6.51. The molecule has 0 radical (unpaired) electrons. The summed E-state index contributed by atoms with van der Waals surface area (Å²) in [5.74, 6) is -0.803. The molecule has 1 amide bonds. The average molecular weight is 307 g/mol. The van der Waals surface area contributed by atoms with E-state index in [1.165, 1.54) is 12.8 Å². The fourth-order valence-corrected chi connectivity index (χ4v) is 3.30. The number of amides is 1. The third kappa shape index (κ3) is 4.49. The Bertz CT molecular complexity index is 501. The summed E-state index contributed by atoms with van der Waals surface area (Å²) in [5, 5.41) is 9.40. The average Bonchev–Trinajstić information content (AvgIpc) is 2.73. The molecule has 21 heavy (non-hydrogen) atoms. The molecule has 0 spiro atoms. The molecule has 1 aliphatic heterocycles. The zero-order valence-corrected chi connectivity index (χ0v) is 13.1. The number of carbonyl (C=O) groups excluding carboxylic acids is 1. The van der Waals surface area contributed by atoms with Gasteiger partial charge in [-0.3, -0.25) is 4.79 Å². The van der Waals surface area contributed by atoms with Crippen molar-refractivity contribution >= 4 is 23.6 Å². The van der Waals surface area contributed by atoms with Crippen LogP contribution in [0.15, 0.2) is 24.3 Å². The van der Waals surface area contributed by atoms with Crippen LogP contribution in [-0.2, 0) is 11.2 Å². The highest BCUT2D eigenvalue weighted by molar-refractivity contribution is 7.99. The third-order valence-corrected chi connectivity index (χ3v) is 4.92. The van der Waals surface area contributed by atoms with Crippen molar-refractivity contribution in [3.63, 3.8) is 0 Å². The summed E-state index contributed by atoms with van der Waals surface area (Å²) in [4.78, 5) is 25.2. The number of benzene rings is 1. The molecule has 5 heteroatoms. The number of hydrogen-bond donors (Lipinski definition) is 1. The summed E-state index contributed by atoms with van der Waals surface area (Å²) in [6, 6.07) is 6.56. The van der Waals surface area contributed by atoms with Crippen molar-refractivity contribution in [1.29, 1.82) is 0 Å². The van der Waals surface area contributed by atoms with E-state index in [2.05, 4.69) is 6.26 Å². The van der Waals surface area contributed by atoms with Crippen LogP contribution in [0.5, 0.6) is 0 Å². The second kappa shape index (κ2) is 7.50. The standard InChI is InChI=1S/C16H21NO3S/c1-21-14-4-2-3-9-17(11-14)15(18)10-12-5-7-13(8-6-12)16(19)20/h5-8,14H,2-4,9-11H2,1H3,(H,19,20). The Morgan fingerprint density at radius 1 is 1.29 bits per heavy atom. The normalized spacial score (nSPS) is 19.1. The molecule has 1 fully saturated rings. The lowest BCUT2D eigenvalue weighted by atomic mass is 10.1. The molecule has 2 rings (SSSR count). The van der Waals surface area contributed by atoms with E-state index in [0.717, 1.165) is 25.1 Å². The topological polar surface area (TPSA) is 57.6 Å². The van der Waals surface area contributed by atoms with E-state index in [4.69, 9.17) is 5.11 Å². The van der Waals surface area contributed by atoms with Crippen LogP contribution in [0.4, 0.5) is 0 Å². The first kappa shape index (κ1) is 15.9. The lowest BCUT2D eigenvalue weighted by Gasteiger charge is -2.23. The molecule has 0 saturated carbocycles. The number of rotatable bonds is 4. The molecule has 1 saturated heterocycles. The number of carbonyl (C=O) groups is 2. The van der Waals surface area contributed by atoms with E-state index in [1.54, 1.807) is 24.3 Å². The fourth-order valence-electron chi connectivity index (χ4n) is 2.57. The molecular formula is C16H21NO3S. The Morgan fingerprint density at radius 2 is 2.00 bits per heavy atom. The minimum Gasteiger partial charge on any atom is -0.478 e. The van der Waals surface area contributed by atoms with E-state index in [0.29, 0.717) is 11.7 Å². The number of nitrogens with zero attached hydrogens (tertiary/aromatic N) is 1. The van der Waals surface area contributed by atoms with Crippen LogP contribution >= 0.6 is 11.8 Å².